The van der Waals surface area contributed by atoms with E-state index in [9.17, 15) is 4.79 Å². The molecule has 6 heteroatoms. The number of thiophene rings is 1. The summed E-state index contributed by atoms with van der Waals surface area (Å²) in [5.41, 5.74) is 11.8. The number of benzene rings is 2. The van der Waals surface area contributed by atoms with Gasteiger partial charge in [0.1, 0.15) is 0 Å². The summed E-state index contributed by atoms with van der Waals surface area (Å²) in [6, 6.07) is 20.2. The third kappa shape index (κ3) is 4.81. The van der Waals surface area contributed by atoms with Crippen LogP contribution < -0.4 is 5.73 Å². The maximum atomic E-state index is 12.0. The molecule has 1 aliphatic heterocycles. The Labute approximate surface area is 191 Å². The van der Waals surface area contributed by atoms with Crippen molar-refractivity contribution < 1.29 is 4.79 Å². The highest BCUT2D eigenvalue weighted by atomic mass is 32.1. The molecule has 0 bridgehead atoms. The zero-order valence-corrected chi connectivity index (χ0v) is 19.1. The first-order chi connectivity index (χ1) is 14.9. The fraction of sp³-hybridized carbons (Fsp3) is 0.120. The van der Waals surface area contributed by atoms with Crippen LogP contribution in [0.4, 0.5) is 5.69 Å². The van der Waals surface area contributed by atoms with Crippen LogP contribution in [0.15, 0.2) is 78.0 Å². The molecule has 4 nitrogen and oxygen atoms in total. The van der Waals surface area contributed by atoms with Crippen LogP contribution in [0.1, 0.15) is 21.5 Å². The minimum Gasteiger partial charge on any atom is -0.397 e. The Balaban J connectivity index is 0.000000245. The number of carbonyl (C=O) groups is 1. The van der Waals surface area contributed by atoms with Gasteiger partial charge in [-0.15, -0.1) is 24.0 Å². The normalized spacial score (nSPS) is 12.4. The molecule has 1 amide bonds. The van der Waals surface area contributed by atoms with Gasteiger partial charge >= 0.3 is 0 Å². The van der Waals surface area contributed by atoms with Crippen molar-refractivity contribution in [2.75, 3.05) is 12.8 Å². The van der Waals surface area contributed by atoms with Gasteiger partial charge in [0.05, 0.1) is 5.69 Å². The van der Waals surface area contributed by atoms with E-state index in [-0.39, 0.29) is 5.91 Å². The lowest BCUT2D eigenvalue weighted by molar-refractivity contribution is 0.0816. The quantitative estimate of drug-likeness (QED) is 0.376. The summed E-state index contributed by atoms with van der Waals surface area (Å²) in [7, 11) is 1.83. The lowest BCUT2D eigenvalue weighted by Crippen LogP contribution is -2.17. The molecule has 0 spiro atoms. The molecule has 2 aromatic heterocycles. The van der Waals surface area contributed by atoms with Crippen LogP contribution in [0, 0.1) is 6.92 Å². The number of nitrogens with two attached hydrogens (primary N) is 1. The van der Waals surface area contributed by atoms with Crippen LogP contribution in [0.3, 0.4) is 0 Å². The lowest BCUT2D eigenvalue weighted by atomic mass is 10.1. The fourth-order valence-corrected chi connectivity index (χ4v) is 4.76. The van der Waals surface area contributed by atoms with Gasteiger partial charge in [0, 0.05) is 51.8 Å². The standard InChI is InChI=1S/C18H15N3OS.C7H8S/c1-21-10-13-6-11(2-3-15(13)18(21)22)16-4-5-17(23-16)12-7-14(19)9-20-8-12;1-6-3-2-4-7(8)5-6/h2-9H,10,19H2,1H3;2-5,8H,1H3. The Hall–Kier alpha value is -3.09. The Bertz CT molecular complexity index is 1230. The van der Waals surface area contributed by atoms with Crippen LogP contribution in [0.25, 0.3) is 20.9 Å². The molecule has 0 saturated heterocycles. The van der Waals surface area contributed by atoms with Gasteiger partial charge in [-0.25, -0.2) is 0 Å². The van der Waals surface area contributed by atoms with Gasteiger partial charge in [0.2, 0.25) is 0 Å². The van der Waals surface area contributed by atoms with Crippen LogP contribution in [-0.4, -0.2) is 22.8 Å². The average molecular weight is 446 g/mol. The monoisotopic (exact) mass is 445 g/mol. The van der Waals surface area contributed by atoms with Gasteiger partial charge in [0.25, 0.3) is 5.91 Å². The van der Waals surface area contributed by atoms with Crippen molar-refractivity contribution in [3.8, 4) is 20.9 Å². The predicted octanol–water partition coefficient (Wildman–Crippen LogP) is 5.93. The van der Waals surface area contributed by atoms with E-state index in [2.05, 4.69) is 48.8 Å². The molecule has 0 radical (unpaired) electrons. The molecule has 31 heavy (non-hydrogen) atoms. The second-order valence-corrected chi connectivity index (χ2v) is 9.14. The van der Waals surface area contributed by atoms with Crippen LogP contribution >= 0.6 is 24.0 Å². The van der Waals surface area contributed by atoms with E-state index >= 15 is 0 Å². The lowest BCUT2D eigenvalue weighted by Gasteiger charge is -2.04. The van der Waals surface area contributed by atoms with Crippen molar-refractivity contribution in [1.82, 2.24) is 9.88 Å². The van der Waals surface area contributed by atoms with Gasteiger partial charge in [0.15, 0.2) is 0 Å². The van der Waals surface area contributed by atoms with E-state index in [1.807, 2.05) is 49.6 Å². The Kier molecular flexibility index (Phi) is 6.11. The minimum atomic E-state index is 0.101. The molecule has 3 heterocycles. The smallest absolute Gasteiger partial charge is 0.254 e. The number of anilines is 1. The van der Waals surface area contributed by atoms with Crippen molar-refractivity contribution >= 4 is 35.6 Å². The van der Waals surface area contributed by atoms with E-state index in [1.165, 1.54) is 10.4 Å². The van der Waals surface area contributed by atoms with Crippen molar-refractivity contribution in [1.29, 1.82) is 0 Å². The molecule has 2 N–H and O–H groups in total. The summed E-state index contributed by atoms with van der Waals surface area (Å²) in [4.78, 5) is 21.2. The van der Waals surface area contributed by atoms with E-state index < -0.39 is 0 Å². The maximum Gasteiger partial charge on any atom is 0.254 e. The highest BCUT2D eigenvalue weighted by Crippen LogP contribution is 2.36. The van der Waals surface area contributed by atoms with Crippen LogP contribution in [0.5, 0.6) is 0 Å². The van der Waals surface area contributed by atoms with E-state index in [0.29, 0.717) is 12.2 Å². The summed E-state index contributed by atoms with van der Waals surface area (Å²) in [6.07, 6.45) is 3.47. The number of pyridine rings is 1. The summed E-state index contributed by atoms with van der Waals surface area (Å²) in [5, 5.41) is 0. The number of hydrogen-bond acceptors (Lipinski definition) is 5. The number of aryl methyl sites for hydroxylation is 1. The average Bonchev–Trinajstić information content (AvgIpc) is 3.34. The molecule has 0 atom stereocenters. The SMILES string of the molecule is CN1Cc2cc(-c3ccc(-c4cncc(N)c4)s3)ccc2C1=O.Cc1cccc(S)c1. The van der Waals surface area contributed by atoms with Gasteiger partial charge in [-0.3, -0.25) is 9.78 Å². The minimum absolute atomic E-state index is 0.101. The second-order valence-electron chi connectivity index (χ2n) is 7.54. The molecule has 1 aliphatic rings. The molecule has 0 saturated carbocycles. The third-order valence-electron chi connectivity index (χ3n) is 5.03. The summed E-state index contributed by atoms with van der Waals surface area (Å²) in [6.45, 7) is 2.74. The van der Waals surface area contributed by atoms with Gasteiger partial charge < -0.3 is 10.6 Å². The van der Waals surface area contributed by atoms with Crippen LogP contribution in [-0.2, 0) is 6.54 Å². The topological polar surface area (TPSA) is 59.2 Å². The van der Waals surface area contributed by atoms with Crippen LogP contribution in [0.2, 0.25) is 0 Å². The third-order valence-corrected chi connectivity index (χ3v) is 6.49. The summed E-state index contributed by atoms with van der Waals surface area (Å²) in [5.74, 6) is 0.101. The molecular formula is C25H23N3OS2. The van der Waals surface area contributed by atoms with E-state index in [4.69, 9.17) is 5.73 Å². The number of hydrogen-bond donors (Lipinski definition) is 2. The van der Waals surface area contributed by atoms with Gasteiger partial charge in [-0.05, 0) is 60.5 Å². The first-order valence-electron chi connectivity index (χ1n) is 9.86. The van der Waals surface area contributed by atoms with Crippen molar-refractivity contribution in [3.63, 3.8) is 0 Å². The highest BCUT2D eigenvalue weighted by molar-refractivity contribution is 7.80. The van der Waals surface area contributed by atoms with Crippen molar-refractivity contribution in [2.24, 2.45) is 0 Å². The molecular weight excluding hydrogens is 422 g/mol. The predicted molar refractivity (Wildman–Crippen MR) is 132 cm³/mol. The number of carbonyl (C=O) groups excluding carboxylic acids is 1. The Morgan fingerprint density at radius 1 is 1.00 bits per heavy atom. The summed E-state index contributed by atoms with van der Waals surface area (Å²) >= 11 is 5.85. The molecule has 0 unspecified atom stereocenters. The zero-order chi connectivity index (χ0) is 22.0. The molecule has 0 aliphatic carbocycles. The Morgan fingerprint density at radius 2 is 1.77 bits per heavy atom. The number of thiol groups is 1. The number of aromatic nitrogens is 1. The largest absolute Gasteiger partial charge is 0.397 e. The first-order valence-corrected chi connectivity index (χ1v) is 11.1. The molecule has 2 aromatic carbocycles. The number of amides is 1. The van der Waals surface area contributed by atoms with Gasteiger partial charge in [-0.1, -0.05) is 23.8 Å². The maximum absolute atomic E-state index is 12.0. The molecule has 4 aromatic rings. The first kappa shape index (κ1) is 21.2. The zero-order valence-electron chi connectivity index (χ0n) is 17.4. The molecule has 156 valence electrons. The number of fused-ring (bicyclic) bond motifs is 1. The van der Waals surface area contributed by atoms with E-state index in [1.54, 1.807) is 22.4 Å². The molecule has 5 rings (SSSR count). The summed E-state index contributed by atoms with van der Waals surface area (Å²) < 4.78 is 0. The Morgan fingerprint density at radius 3 is 2.45 bits per heavy atom. The second kappa shape index (κ2) is 8.96. The number of nitrogen functional groups attached to an aromatic ring is 1. The highest BCUT2D eigenvalue weighted by Gasteiger charge is 2.24. The fourth-order valence-electron chi connectivity index (χ4n) is 3.49. The van der Waals surface area contributed by atoms with Crippen molar-refractivity contribution in [3.05, 3.63) is 89.7 Å². The van der Waals surface area contributed by atoms with Crippen molar-refractivity contribution in [2.45, 2.75) is 18.4 Å². The molecule has 0 fully saturated rings. The van der Waals surface area contributed by atoms with Gasteiger partial charge in [-0.2, -0.15) is 0 Å². The van der Waals surface area contributed by atoms with E-state index in [0.717, 1.165) is 32.0 Å². The number of rotatable bonds is 2. The number of nitrogens with zero attached hydrogens (tertiary/aromatic N) is 2.